The van der Waals surface area contributed by atoms with E-state index in [0.717, 1.165) is 4.68 Å². The lowest BCUT2D eigenvalue weighted by atomic mass is 10.1. The number of hydrogen-bond acceptors (Lipinski definition) is 6. The summed E-state index contributed by atoms with van der Waals surface area (Å²) >= 11 is 0. The van der Waals surface area contributed by atoms with Crippen LogP contribution in [0.5, 0.6) is 0 Å². The van der Waals surface area contributed by atoms with E-state index in [4.69, 9.17) is 5.26 Å². The smallest absolute Gasteiger partial charge is 0.285 e. The van der Waals surface area contributed by atoms with E-state index in [1.807, 2.05) is 6.07 Å². The van der Waals surface area contributed by atoms with Crippen LogP contribution in [0.3, 0.4) is 0 Å². The first-order valence-corrected chi connectivity index (χ1v) is 9.50. The van der Waals surface area contributed by atoms with Crippen molar-refractivity contribution in [2.24, 2.45) is 0 Å². The Morgan fingerprint density at radius 3 is 2.62 bits per heavy atom. The highest BCUT2D eigenvalue weighted by Crippen LogP contribution is 2.18. The fraction of sp³-hybridized carbons (Fsp3) is 0.600. The van der Waals surface area contributed by atoms with Gasteiger partial charge in [-0.1, -0.05) is 0 Å². The van der Waals surface area contributed by atoms with E-state index in [1.54, 1.807) is 20.8 Å². The van der Waals surface area contributed by atoms with E-state index in [9.17, 15) is 18.0 Å². The highest BCUT2D eigenvalue weighted by molar-refractivity contribution is 7.91. The number of aromatic nitrogens is 2. The van der Waals surface area contributed by atoms with Gasteiger partial charge in [0, 0.05) is 12.6 Å². The summed E-state index contributed by atoms with van der Waals surface area (Å²) in [6, 6.07) is 1.48. The van der Waals surface area contributed by atoms with Crippen molar-refractivity contribution in [2.75, 3.05) is 18.1 Å². The molecule has 2 heterocycles. The molecule has 0 spiro atoms. The lowest BCUT2D eigenvalue weighted by Crippen LogP contribution is -2.44. The van der Waals surface area contributed by atoms with Crippen LogP contribution in [0.2, 0.25) is 0 Å². The van der Waals surface area contributed by atoms with Crippen molar-refractivity contribution in [3.05, 3.63) is 27.2 Å². The topological polar surface area (TPSA) is 113 Å². The monoisotopic (exact) mass is 352 g/mol. The molecule has 1 aromatic heterocycles. The van der Waals surface area contributed by atoms with Crippen LogP contribution in [0.1, 0.15) is 30.2 Å². The minimum absolute atomic E-state index is 0.0261. The number of nitriles is 1. The molecule has 1 aromatic rings. The molecule has 1 saturated heterocycles. The molecule has 24 heavy (non-hydrogen) atoms. The highest BCUT2D eigenvalue weighted by Gasteiger charge is 2.34. The molecule has 0 aromatic carbocycles. The van der Waals surface area contributed by atoms with E-state index < -0.39 is 15.4 Å². The number of sulfone groups is 1. The fourth-order valence-electron chi connectivity index (χ4n) is 2.89. The van der Waals surface area contributed by atoms with E-state index in [0.29, 0.717) is 24.2 Å². The predicted octanol–water partition coefficient (Wildman–Crippen LogP) is -0.233. The summed E-state index contributed by atoms with van der Waals surface area (Å²) in [6.07, 6.45) is 0.403. The van der Waals surface area contributed by atoms with E-state index >= 15 is 0 Å². The quantitative estimate of drug-likeness (QED) is 0.739. The third-order valence-electron chi connectivity index (χ3n) is 4.34. The minimum atomic E-state index is -3.11. The van der Waals surface area contributed by atoms with Crippen molar-refractivity contribution in [1.82, 2.24) is 14.7 Å². The number of aryl methyl sites for hydroxylation is 1. The van der Waals surface area contributed by atoms with Gasteiger partial charge in [0.2, 0.25) is 5.91 Å². The average molecular weight is 352 g/mol. The zero-order valence-corrected chi connectivity index (χ0v) is 14.8. The minimum Gasteiger partial charge on any atom is -0.337 e. The second kappa shape index (κ2) is 6.73. The molecule has 9 heteroatoms. The summed E-state index contributed by atoms with van der Waals surface area (Å²) in [5.74, 6) is -0.353. The van der Waals surface area contributed by atoms with Gasteiger partial charge in [-0.2, -0.15) is 10.4 Å². The third-order valence-corrected chi connectivity index (χ3v) is 6.09. The number of rotatable bonds is 4. The number of hydrogen-bond donors (Lipinski definition) is 0. The molecule has 0 N–H and O–H groups in total. The second-order valence-corrected chi connectivity index (χ2v) is 8.13. The lowest BCUT2D eigenvalue weighted by Gasteiger charge is -2.27. The molecule has 1 atom stereocenters. The summed E-state index contributed by atoms with van der Waals surface area (Å²) in [6.45, 7) is 5.11. The number of likely N-dealkylation sites (N-methyl/N-ethyl adjacent to an activating group) is 1. The average Bonchev–Trinajstić information content (AvgIpc) is 2.86. The van der Waals surface area contributed by atoms with E-state index in [-0.39, 0.29) is 35.6 Å². The molecule has 0 saturated carbocycles. The molecule has 130 valence electrons. The van der Waals surface area contributed by atoms with Gasteiger partial charge in [0.25, 0.3) is 5.56 Å². The van der Waals surface area contributed by atoms with E-state index in [1.165, 1.54) is 4.90 Å². The second-order valence-electron chi connectivity index (χ2n) is 5.90. The van der Waals surface area contributed by atoms with Crippen LogP contribution < -0.4 is 5.56 Å². The zero-order chi connectivity index (χ0) is 18.1. The normalized spacial score (nSPS) is 19.0. The van der Waals surface area contributed by atoms with Gasteiger partial charge >= 0.3 is 0 Å². The highest BCUT2D eigenvalue weighted by atomic mass is 32.2. The van der Waals surface area contributed by atoms with Gasteiger partial charge in [-0.3, -0.25) is 9.59 Å². The Morgan fingerprint density at radius 2 is 2.12 bits per heavy atom. The van der Waals surface area contributed by atoms with Gasteiger partial charge in [-0.25, -0.2) is 13.1 Å². The molecule has 1 fully saturated rings. The standard InChI is InChI=1S/C15H20N4O4S/c1-4-18(12-5-6-24(22,23)9-12)14(20)8-19-15(21)13(7-16)10(2)11(3)17-19/h12H,4-6,8-9H2,1-3H3/t12-/m1/s1. The maximum atomic E-state index is 12.5. The summed E-state index contributed by atoms with van der Waals surface area (Å²) in [7, 11) is -3.11. The molecule has 0 radical (unpaired) electrons. The molecule has 8 nitrogen and oxygen atoms in total. The number of nitrogens with zero attached hydrogens (tertiary/aromatic N) is 4. The first-order chi connectivity index (χ1) is 11.2. The molecule has 0 aliphatic carbocycles. The van der Waals surface area contributed by atoms with Gasteiger partial charge in [0.1, 0.15) is 18.2 Å². The molecular formula is C15H20N4O4S. The van der Waals surface area contributed by atoms with Gasteiger partial charge in [-0.05, 0) is 32.8 Å². The predicted molar refractivity (Wildman–Crippen MR) is 87.1 cm³/mol. The van der Waals surface area contributed by atoms with Gasteiger partial charge in [0.15, 0.2) is 9.84 Å². The summed E-state index contributed by atoms with van der Waals surface area (Å²) in [4.78, 5) is 26.3. The number of amides is 1. The Hall–Kier alpha value is -2.21. The number of carbonyl (C=O) groups is 1. The Bertz CT molecular complexity index is 867. The molecule has 2 rings (SSSR count). The Balaban J connectivity index is 2.28. The van der Waals surface area contributed by atoms with Crippen molar-refractivity contribution in [2.45, 2.75) is 39.8 Å². The molecule has 0 unspecified atom stereocenters. The van der Waals surface area contributed by atoms with Crippen molar-refractivity contribution < 1.29 is 13.2 Å². The Labute approximate surface area is 140 Å². The van der Waals surface area contributed by atoms with Crippen LogP contribution in [-0.2, 0) is 21.2 Å². The first-order valence-electron chi connectivity index (χ1n) is 7.68. The van der Waals surface area contributed by atoms with E-state index in [2.05, 4.69) is 5.10 Å². The molecule has 0 bridgehead atoms. The third kappa shape index (κ3) is 3.48. The maximum absolute atomic E-state index is 12.5. The molecular weight excluding hydrogens is 332 g/mol. The van der Waals surface area contributed by atoms with Crippen molar-refractivity contribution in [3.8, 4) is 6.07 Å². The molecule has 1 amide bonds. The molecule has 1 aliphatic heterocycles. The zero-order valence-electron chi connectivity index (χ0n) is 13.9. The summed E-state index contributed by atoms with van der Waals surface area (Å²) in [5.41, 5.74) is 0.372. The fourth-order valence-corrected chi connectivity index (χ4v) is 4.62. The Morgan fingerprint density at radius 1 is 1.46 bits per heavy atom. The van der Waals surface area contributed by atoms with Crippen LogP contribution >= 0.6 is 0 Å². The van der Waals surface area contributed by atoms with Crippen LogP contribution in [0.15, 0.2) is 4.79 Å². The maximum Gasteiger partial charge on any atom is 0.285 e. The van der Waals surface area contributed by atoms with Crippen LogP contribution in [0.25, 0.3) is 0 Å². The summed E-state index contributed by atoms with van der Waals surface area (Å²) < 4.78 is 24.2. The van der Waals surface area contributed by atoms with Gasteiger partial charge < -0.3 is 4.90 Å². The number of carbonyl (C=O) groups excluding carboxylic acids is 1. The van der Waals surface area contributed by atoms with Crippen LogP contribution in [0, 0.1) is 25.2 Å². The van der Waals surface area contributed by atoms with Crippen molar-refractivity contribution in [1.29, 1.82) is 5.26 Å². The SMILES string of the molecule is CCN(C(=O)Cn1nc(C)c(C)c(C#N)c1=O)[C@@H]1CCS(=O)(=O)C1. The van der Waals surface area contributed by atoms with Crippen LogP contribution in [-0.4, -0.2) is 53.1 Å². The van der Waals surface area contributed by atoms with Crippen molar-refractivity contribution >= 4 is 15.7 Å². The van der Waals surface area contributed by atoms with Crippen LogP contribution in [0.4, 0.5) is 0 Å². The first kappa shape index (κ1) is 18.1. The largest absolute Gasteiger partial charge is 0.337 e. The lowest BCUT2D eigenvalue weighted by molar-refractivity contribution is -0.133. The summed E-state index contributed by atoms with van der Waals surface area (Å²) in [5, 5.41) is 13.2. The Kier molecular flexibility index (Phi) is 5.08. The van der Waals surface area contributed by atoms with Gasteiger partial charge in [-0.15, -0.1) is 0 Å². The van der Waals surface area contributed by atoms with Crippen molar-refractivity contribution in [3.63, 3.8) is 0 Å². The molecule has 1 aliphatic rings. The van der Waals surface area contributed by atoms with Gasteiger partial charge in [0.05, 0.1) is 17.2 Å².